The van der Waals surface area contributed by atoms with Crippen molar-refractivity contribution in [3.05, 3.63) is 81.7 Å². The van der Waals surface area contributed by atoms with Crippen LogP contribution in [0, 0.1) is 0 Å². The number of H-pyrrole nitrogens is 1. The predicted octanol–water partition coefficient (Wildman–Crippen LogP) is 5.64. The van der Waals surface area contributed by atoms with Crippen molar-refractivity contribution >= 4 is 52.0 Å². The lowest BCUT2D eigenvalue weighted by atomic mass is 9.93. The van der Waals surface area contributed by atoms with E-state index in [0.717, 1.165) is 53.7 Å². The van der Waals surface area contributed by atoms with E-state index in [1.54, 1.807) is 17.8 Å². The second-order valence-electron chi connectivity index (χ2n) is 8.31. The number of nitrogens with zero attached hydrogens (tertiary/aromatic N) is 3. The van der Waals surface area contributed by atoms with Crippen LogP contribution in [0.1, 0.15) is 24.5 Å². The lowest BCUT2D eigenvalue weighted by Crippen LogP contribution is -2.40. The van der Waals surface area contributed by atoms with Gasteiger partial charge in [-0.1, -0.05) is 29.8 Å². The number of piperidine rings is 1. The van der Waals surface area contributed by atoms with Crippen molar-refractivity contribution < 1.29 is 0 Å². The number of rotatable bonds is 4. The number of halogens is 1. The average Bonchev–Trinajstić information content (AvgIpc) is 3.29. The zero-order valence-corrected chi connectivity index (χ0v) is 21.0. The number of hydrogen-bond acceptors (Lipinski definition) is 4. The Balaban J connectivity index is 1.28. The van der Waals surface area contributed by atoms with Crippen LogP contribution in [0.4, 0.5) is 5.69 Å². The first-order chi connectivity index (χ1) is 16.5. The minimum Gasteiger partial charge on any atom is -0.349 e. The quantitative estimate of drug-likeness (QED) is 0.274. The minimum atomic E-state index is -0.103. The Hall–Kier alpha value is -2.81. The van der Waals surface area contributed by atoms with E-state index >= 15 is 0 Å². The molecule has 2 aromatic heterocycles. The van der Waals surface area contributed by atoms with Gasteiger partial charge in [0.15, 0.2) is 10.8 Å². The van der Waals surface area contributed by atoms with E-state index < -0.39 is 0 Å². The third kappa shape index (κ3) is 4.85. The first-order valence-electron chi connectivity index (χ1n) is 11.1. The lowest BCUT2D eigenvalue weighted by molar-refractivity contribution is 0.313. The van der Waals surface area contributed by atoms with Crippen LogP contribution in [-0.4, -0.2) is 44.0 Å². The molecule has 5 rings (SSSR count). The number of benzene rings is 2. The smallest absolute Gasteiger partial charge is 0.272 e. The maximum absolute atomic E-state index is 12.8. The Kier molecular flexibility index (Phi) is 6.63. The molecular weight excluding hydrogens is 486 g/mol. The predicted molar refractivity (Wildman–Crippen MR) is 144 cm³/mol. The molecule has 0 atom stereocenters. The maximum Gasteiger partial charge on any atom is 0.272 e. The Morgan fingerprint density at radius 1 is 1.15 bits per heavy atom. The standard InChI is InChI=1S/C25H24ClN5OS2/c1-34-20-4-2-3-19(13-20)27-25(33)30-11-9-17(10-12-30)21-15-24(32)31-23(28-21)14-22(29-31)16-5-7-18(26)8-6-16/h2-8,13-15,17,29H,9-12H2,1H3,(H,27,33). The first-order valence-corrected chi connectivity index (χ1v) is 13.1. The summed E-state index contributed by atoms with van der Waals surface area (Å²) < 4.78 is 1.49. The molecule has 2 aromatic carbocycles. The molecule has 0 bridgehead atoms. The van der Waals surface area contributed by atoms with Crippen LogP contribution >= 0.6 is 35.6 Å². The fourth-order valence-electron chi connectivity index (χ4n) is 4.28. The number of thiocarbonyl (C=S) groups is 1. The summed E-state index contributed by atoms with van der Waals surface area (Å²) in [5.74, 6) is 0.227. The van der Waals surface area contributed by atoms with Crippen LogP contribution in [0.3, 0.4) is 0 Å². The molecule has 34 heavy (non-hydrogen) atoms. The summed E-state index contributed by atoms with van der Waals surface area (Å²) >= 11 is 13.4. The molecule has 3 heterocycles. The van der Waals surface area contributed by atoms with Crippen molar-refractivity contribution in [3.63, 3.8) is 0 Å². The highest BCUT2D eigenvalue weighted by molar-refractivity contribution is 7.98. The van der Waals surface area contributed by atoms with E-state index in [2.05, 4.69) is 33.7 Å². The molecule has 0 saturated carbocycles. The molecule has 6 nitrogen and oxygen atoms in total. The molecule has 9 heteroatoms. The van der Waals surface area contributed by atoms with Gasteiger partial charge in [-0.15, -0.1) is 11.8 Å². The molecule has 0 unspecified atom stereocenters. The minimum absolute atomic E-state index is 0.103. The van der Waals surface area contributed by atoms with E-state index in [9.17, 15) is 4.79 Å². The zero-order valence-electron chi connectivity index (χ0n) is 18.6. The highest BCUT2D eigenvalue weighted by atomic mass is 35.5. The fourth-order valence-corrected chi connectivity index (χ4v) is 5.16. The summed E-state index contributed by atoms with van der Waals surface area (Å²) in [6, 6.07) is 19.3. The maximum atomic E-state index is 12.8. The van der Waals surface area contributed by atoms with Gasteiger partial charge in [-0.25, -0.2) is 9.50 Å². The lowest BCUT2D eigenvalue weighted by Gasteiger charge is -2.33. The van der Waals surface area contributed by atoms with E-state index in [1.165, 1.54) is 9.41 Å². The highest BCUT2D eigenvalue weighted by Gasteiger charge is 2.24. The number of anilines is 1. The third-order valence-corrected chi connectivity index (χ3v) is 7.48. The summed E-state index contributed by atoms with van der Waals surface area (Å²) in [7, 11) is 0. The van der Waals surface area contributed by atoms with E-state index in [4.69, 9.17) is 28.8 Å². The average molecular weight is 510 g/mol. The summed E-state index contributed by atoms with van der Waals surface area (Å²) in [5, 5.41) is 7.91. The van der Waals surface area contributed by atoms with Crippen molar-refractivity contribution in [1.82, 2.24) is 19.5 Å². The van der Waals surface area contributed by atoms with Gasteiger partial charge in [0.1, 0.15) is 0 Å². The van der Waals surface area contributed by atoms with Crippen LogP contribution < -0.4 is 10.9 Å². The molecule has 0 radical (unpaired) electrons. The van der Waals surface area contributed by atoms with Crippen LogP contribution in [0.15, 0.2) is 70.4 Å². The molecule has 2 N–H and O–H groups in total. The molecular formula is C25H24ClN5OS2. The second kappa shape index (κ2) is 9.82. The summed E-state index contributed by atoms with van der Waals surface area (Å²) in [5.41, 5.74) is 4.15. The first kappa shape index (κ1) is 23.0. The summed E-state index contributed by atoms with van der Waals surface area (Å²) in [6.45, 7) is 1.64. The van der Waals surface area contributed by atoms with Crippen molar-refractivity contribution in [3.8, 4) is 11.3 Å². The molecule has 4 aromatic rings. The molecule has 1 fully saturated rings. The van der Waals surface area contributed by atoms with Gasteiger partial charge in [0.25, 0.3) is 5.56 Å². The third-order valence-electron chi connectivity index (χ3n) is 6.15. The number of nitrogens with one attached hydrogen (secondary N) is 2. The number of thioether (sulfide) groups is 1. The summed E-state index contributed by atoms with van der Waals surface area (Å²) in [6.07, 6.45) is 3.85. The molecule has 1 saturated heterocycles. The normalized spacial score (nSPS) is 14.5. The molecule has 0 spiro atoms. The van der Waals surface area contributed by atoms with Crippen LogP contribution in [0.25, 0.3) is 16.9 Å². The molecule has 1 aliphatic rings. The molecule has 174 valence electrons. The van der Waals surface area contributed by atoms with Crippen molar-refractivity contribution in [1.29, 1.82) is 0 Å². The number of likely N-dealkylation sites (tertiary alicyclic amines) is 1. The van der Waals surface area contributed by atoms with Gasteiger partial charge in [-0.05, 0) is 67.2 Å². The topological polar surface area (TPSA) is 65.4 Å². The number of hydrogen-bond donors (Lipinski definition) is 2. The van der Waals surface area contributed by atoms with Crippen molar-refractivity contribution in [2.45, 2.75) is 23.7 Å². The zero-order chi connectivity index (χ0) is 23.7. The Morgan fingerprint density at radius 3 is 2.65 bits per heavy atom. The Labute approximate surface area is 212 Å². The van der Waals surface area contributed by atoms with Gasteiger partial charge in [0, 0.05) is 46.7 Å². The van der Waals surface area contributed by atoms with Gasteiger partial charge >= 0.3 is 0 Å². The van der Waals surface area contributed by atoms with Gasteiger partial charge < -0.3 is 10.2 Å². The monoisotopic (exact) mass is 509 g/mol. The number of aromatic amines is 1. The van der Waals surface area contributed by atoms with Gasteiger partial charge in [0.05, 0.1) is 11.4 Å². The fraction of sp³-hybridized carbons (Fsp3) is 0.240. The van der Waals surface area contributed by atoms with E-state index in [1.807, 2.05) is 42.5 Å². The van der Waals surface area contributed by atoms with Crippen LogP contribution in [0.5, 0.6) is 0 Å². The van der Waals surface area contributed by atoms with Crippen LogP contribution in [-0.2, 0) is 0 Å². The van der Waals surface area contributed by atoms with E-state index in [-0.39, 0.29) is 11.5 Å². The summed E-state index contributed by atoms with van der Waals surface area (Å²) in [4.78, 5) is 21.0. The van der Waals surface area contributed by atoms with Gasteiger partial charge in [0.2, 0.25) is 0 Å². The Bertz CT molecular complexity index is 1390. The molecule has 0 aliphatic carbocycles. The van der Waals surface area contributed by atoms with Crippen molar-refractivity contribution in [2.75, 3.05) is 24.7 Å². The van der Waals surface area contributed by atoms with E-state index in [0.29, 0.717) is 10.7 Å². The van der Waals surface area contributed by atoms with Crippen molar-refractivity contribution in [2.24, 2.45) is 0 Å². The highest BCUT2D eigenvalue weighted by Crippen LogP contribution is 2.28. The largest absolute Gasteiger partial charge is 0.349 e. The SMILES string of the molecule is CSc1cccc(NC(=S)N2CCC(c3cc(=O)n4[nH]c(-c5ccc(Cl)cc5)cc4n3)CC2)c1. The molecule has 1 aliphatic heterocycles. The van der Waals surface area contributed by atoms with Gasteiger partial charge in [-0.2, -0.15) is 0 Å². The van der Waals surface area contributed by atoms with Gasteiger partial charge in [-0.3, -0.25) is 9.89 Å². The molecule has 0 amide bonds. The second-order valence-corrected chi connectivity index (χ2v) is 10.0. The Morgan fingerprint density at radius 2 is 1.91 bits per heavy atom. The van der Waals surface area contributed by atoms with Crippen LogP contribution in [0.2, 0.25) is 5.02 Å². The number of fused-ring (bicyclic) bond motifs is 1. The number of aromatic nitrogens is 3.